The maximum Gasteiger partial charge on any atom is 0.242 e. The van der Waals surface area contributed by atoms with Crippen LogP contribution < -0.4 is 4.72 Å². The molecule has 1 aromatic heterocycles. The lowest BCUT2D eigenvalue weighted by Gasteiger charge is -2.12. The summed E-state index contributed by atoms with van der Waals surface area (Å²) in [6, 6.07) is 11.4. The van der Waals surface area contributed by atoms with Crippen molar-refractivity contribution in [1.29, 1.82) is 0 Å². The van der Waals surface area contributed by atoms with Crippen molar-refractivity contribution in [2.24, 2.45) is 0 Å². The van der Waals surface area contributed by atoms with Crippen LogP contribution in [0.15, 0.2) is 45.8 Å². The highest BCUT2D eigenvalue weighted by Crippen LogP contribution is 2.22. The van der Waals surface area contributed by atoms with E-state index >= 15 is 0 Å². The van der Waals surface area contributed by atoms with E-state index in [1.54, 1.807) is 13.8 Å². The highest BCUT2D eigenvalue weighted by atomic mass is 32.2. The zero-order valence-corrected chi connectivity index (χ0v) is 16.0. The van der Waals surface area contributed by atoms with Gasteiger partial charge < -0.3 is 4.52 Å². The molecule has 0 bridgehead atoms. The Morgan fingerprint density at radius 1 is 0.962 bits per heavy atom. The van der Waals surface area contributed by atoms with Crippen molar-refractivity contribution in [2.75, 3.05) is 0 Å². The molecule has 0 saturated carbocycles. The number of aromatic nitrogens is 2. The Kier molecular flexibility index (Phi) is 4.93. The molecule has 3 rings (SSSR count). The molecule has 0 aliphatic heterocycles. The summed E-state index contributed by atoms with van der Waals surface area (Å²) in [6.07, 6.45) is 0. The number of nitrogens with one attached hydrogen (secondary N) is 1. The van der Waals surface area contributed by atoms with Gasteiger partial charge in [0, 0.05) is 5.56 Å². The molecule has 136 valence electrons. The van der Waals surface area contributed by atoms with Crippen LogP contribution in [0, 0.1) is 27.7 Å². The van der Waals surface area contributed by atoms with Gasteiger partial charge in [-0.2, -0.15) is 4.98 Å². The molecule has 0 unspecified atom stereocenters. The Labute approximate surface area is 153 Å². The Morgan fingerprint density at radius 3 is 2.19 bits per heavy atom. The first-order valence-electron chi connectivity index (χ1n) is 8.23. The van der Waals surface area contributed by atoms with Crippen LogP contribution in [0.5, 0.6) is 0 Å². The van der Waals surface area contributed by atoms with E-state index in [0.717, 1.165) is 16.7 Å². The maximum absolute atomic E-state index is 12.7. The van der Waals surface area contributed by atoms with Crippen molar-refractivity contribution >= 4 is 10.0 Å². The minimum absolute atomic E-state index is 0.0616. The lowest BCUT2D eigenvalue weighted by Crippen LogP contribution is -2.25. The smallest absolute Gasteiger partial charge is 0.242 e. The summed E-state index contributed by atoms with van der Waals surface area (Å²) in [6.45, 7) is 7.45. The van der Waals surface area contributed by atoms with Crippen LogP contribution in [-0.2, 0) is 16.6 Å². The first-order chi connectivity index (χ1) is 12.3. The number of benzene rings is 2. The van der Waals surface area contributed by atoms with Gasteiger partial charge in [-0.1, -0.05) is 52.7 Å². The topological polar surface area (TPSA) is 85.1 Å². The van der Waals surface area contributed by atoms with Gasteiger partial charge in [0.15, 0.2) is 0 Å². The minimum Gasteiger partial charge on any atom is -0.338 e. The Morgan fingerprint density at radius 2 is 1.58 bits per heavy atom. The third-order valence-corrected chi connectivity index (χ3v) is 5.77. The largest absolute Gasteiger partial charge is 0.338 e. The van der Waals surface area contributed by atoms with Crippen LogP contribution in [0.3, 0.4) is 0 Å². The van der Waals surface area contributed by atoms with Gasteiger partial charge in [0.1, 0.15) is 0 Å². The lowest BCUT2D eigenvalue weighted by molar-refractivity contribution is 0.376. The summed E-state index contributed by atoms with van der Waals surface area (Å²) in [7, 11) is -3.68. The third kappa shape index (κ3) is 3.84. The molecule has 0 aliphatic rings. The standard InChI is InChI=1S/C19H21N3O3S/c1-12-5-7-16(8-6-12)19-21-17(25-22-19)11-20-26(23,24)18-14(3)9-13(2)10-15(18)4/h5-10,20H,11H2,1-4H3. The van der Waals surface area contributed by atoms with Gasteiger partial charge in [-0.05, 0) is 38.8 Å². The van der Waals surface area contributed by atoms with Crippen LogP contribution >= 0.6 is 0 Å². The molecule has 26 heavy (non-hydrogen) atoms. The molecule has 0 aliphatic carbocycles. The average molecular weight is 371 g/mol. The highest BCUT2D eigenvalue weighted by Gasteiger charge is 2.21. The zero-order chi connectivity index (χ0) is 18.9. The molecule has 0 radical (unpaired) electrons. The Balaban J connectivity index is 1.78. The number of hydrogen-bond donors (Lipinski definition) is 1. The molecule has 6 nitrogen and oxygen atoms in total. The van der Waals surface area contributed by atoms with Crippen LogP contribution in [0.25, 0.3) is 11.4 Å². The van der Waals surface area contributed by atoms with Crippen molar-refractivity contribution < 1.29 is 12.9 Å². The van der Waals surface area contributed by atoms with Crippen molar-refractivity contribution in [2.45, 2.75) is 39.1 Å². The van der Waals surface area contributed by atoms with Gasteiger partial charge in [-0.3, -0.25) is 0 Å². The zero-order valence-electron chi connectivity index (χ0n) is 15.2. The molecule has 3 aromatic rings. The summed E-state index contributed by atoms with van der Waals surface area (Å²) in [5.74, 6) is 0.647. The number of aryl methyl sites for hydroxylation is 4. The summed E-state index contributed by atoms with van der Waals surface area (Å²) < 4.78 is 33.1. The summed E-state index contributed by atoms with van der Waals surface area (Å²) >= 11 is 0. The number of rotatable bonds is 5. The molecule has 1 N–H and O–H groups in total. The van der Waals surface area contributed by atoms with Gasteiger partial charge in [0.05, 0.1) is 11.4 Å². The van der Waals surface area contributed by atoms with E-state index in [-0.39, 0.29) is 12.4 Å². The Hall–Kier alpha value is -2.51. The fourth-order valence-corrected chi connectivity index (χ4v) is 4.39. The van der Waals surface area contributed by atoms with Gasteiger partial charge in [-0.15, -0.1) is 0 Å². The molecule has 0 spiro atoms. The van der Waals surface area contributed by atoms with Crippen molar-refractivity contribution in [1.82, 2.24) is 14.9 Å². The van der Waals surface area contributed by atoms with E-state index in [4.69, 9.17) is 4.52 Å². The highest BCUT2D eigenvalue weighted by molar-refractivity contribution is 7.89. The molecule has 0 amide bonds. The lowest BCUT2D eigenvalue weighted by atomic mass is 10.1. The van der Waals surface area contributed by atoms with Gasteiger partial charge >= 0.3 is 0 Å². The van der Waals surface area contributed by atoms with Crippen molar-refractivity contribution in [3.05, 3.63) is 64.5 Å². The van der Waals surface area contributed by atoms with Gasteiger partial charge in [0.25, 0.3) is 0 Å². The fraction of sp³-hybridized carbons (Fsp3) is 0.263. The summed E-state index contributed by atoms with van der Waals surface area (Å²) in [4.78, 5) is 4.55. The molecule has 2 aromatic carbocycles. The molecule has 0 saturated heterocycles. The molecular formula is C19H21N3O3S. The predicted molar refractivity (Wildman–Crippen MR) is 99.1 cm³/mol. The minimum atomic E-state index is -3.68. The van der Waals surface area contributed by atoms with Gasteiger partial charge in [0.2, 0.25) is 21.7 Å². The van der Waals surface area contributed by atoms with E-state index in [1.165, 1.54) is 0 Å². The SMILES string of the molecule is Cc1ccc(-c2noc(CNS(=O)(=O)c3c(C)cc(C)cc3C)n2)cc1. The molecule has 7 heteroatoms. The predicted octanol–water partition coefficient (Wildman–Crippen LogP) is 3.45. The van der Waals surface area contributed by atoms with Crippen LogP contribution in [0.4, 0.5) is 0 Å². The second kappa shape index (κ2) is 7.01. The number of sulfonamides is 1. The summed E-state index contributed by atoms with van der Waals surface area (Å²) in [5, 5.41) is 3.92. The second-order valence-electron chi connectivity index (χ2n) is 6.43. The first kappa shape index (κ1) is 18.3. The van der Waals surface area contributed by atoms with E-state index in [0.29, 0.717) is 21.8 Å². The maximum atomic E-state index is 12.7. The summed E-state index contributed by atoms with van der Waals surface area (Å²) in [5.41, 5.74) is 4.40. The van der Waals surface area contributed by atoms with Crippen LogP contribution in [-0.4, -0.2) is 18.6 Å². The van der Waals surface area contributed by atoms with Crippen molar-refractivity contribution in [3.8, 4) is 11.4 Å². The monoisotopic (exact) mass is 371 g/mol. The van der Waals surface area contributed by atoms with E-state index in [9.17, 15) is 8.42 Å². The van der Waals surface area contributed by atoms with E-state index in [1.807, 2.05) is 50.2 Å². The molecule has 0 atom stereocenters. The average Bonchev–Trinajstić information content (AvgIpc) is 3.01. The van der Waals surface area contributed by atoms with E-state index < -0.39 is 10.0 Å². The fourth-order valence-electron chi connectivity index (χ4n) is 2.97. The van der Waals surface area contributed by atoms with Crippen LogP contribution in [0.1, 0.15) is 28.1 Å². The van der Waals surface area contributed by atoms with Gasteiger partial charge in [-0.25, -0.2) is 13.1 Å². The third-order valence-electron chi connectivity index (χ3n) is 4.06. The normalized spacial score (nSPS) is 11.7. The van der Waals surface area contributed by atoms with Crippen molar-refractivity contribution in [3.63, 3.8) is 0 Å². The quantitative estimate of drug-likeness (QED) is 0.742. The molecule has 0 fully saturated rings. The Bertz CT molecular complexity index is 1020. The molecular weight excluding hydrogens is 350 g/mol. The second-order valence-corrected chi connectivity index (χ2v) is 8.13. The molecule has 1 heterocycles. The first-order valence-corrected chi connectivity index (χ1v) is 9.72. The number of nitrogens with zero attached hydrogens (tertiary/aromatic N) is 2. The number of hydrogen-bond acceptors (Lipinski definition) is 5. The van der Waals surface area contributed by atoms with Crippen LogP contribution in [0.2, 0.25) is 0 Å². The van der Waals surface area contributed by atoms with E-state index in [2.05, 4.69) is 14.9 Å².